The monoisotopic (exact) mass is 525 g/mol. The highest BCUT2D eigenvalue weighted by Crippen LogP contribution is 2.36. The third-order valence-electron chi connectivity index (χ3n) is 6.68. The van der Waals surface area contributed by atoms with Gasteiger partial charge in [0, 0.05) is 50.4 Å². The van der Waals surface area contributed by atoms with Crippen LogP contribution < -0.4 is 15.1 Å². The molecule has 194 valence electrons. The molecule has 37 heavy (non-hydrogen) atoms. The number of aromatic amines is 1. The third kappa shape index (κ3) is 5.44. The first-order valence-electron chi connectivity index (χ1n) is 12.1. The normalized spacial score (nSPS) is 18.3. The Labute approximate surface area is 218 Å². The number of H-pyrrole nitrogens is 1. The van der Waals surface area contributed by atoms with Gasteiger partial charge in [-0.1, -0.05) is 18.2 Å². The summed E-state index contributed by atoms with van der Waals surface area (Å²) < 4.78 is 19.4. The summed E-state index contributed by atoms with van der Waals surface area (Å²) in [5.74, 6) is 0.249. The van der Waals surface area contributed by atoms with Crippen molar-refractivity contribution in [1.29, 1.82) is 0 Å². The molecule has 0 bridgehead atoms. The fraction of sp³-hybridized carbons (Fsp3) is 0.400. The number of fused-ring (bicyclic) bond motifs is 1. The van der Waals surface area contributed by atoms with E-state index in [-0.39, 0.29) is 24.0 Å². The van der Waals surface area contributed by atoms with Gasteiger partial charge in [0.25, 0.3) is 5.91 Å². The van der Waals surface area contributed by atoms with Crippen LogP contribution in [0.1, 0.15) is 34.8 Å². The first-order valence-corrected chi connectivity index (χ1v) is 13.1. The van der Waals surface area contributed by atoms with Gasteiger partial charge in [-0.25, -0.2) is 14.4 Å². The lowest BCUT2D eigenvalue weighted by Crippen LogP contribution is -2.48. The quantitative estimate of drug-likeness (QED) is 0.504. The number of halogens is 1. The predicted molar refractivity (Wildman–Crippen MR) is 137 cm³/mol. The molecule has 1 fully saturated rings. The lowest BCUT2D eigenvalue weighted by atomic mass is 10.1. The first-order chi connectivity index (χ1) is 17.9. The number of hydrogen-bond acceptors (Lipinski definition) is 8. The van der Waals surface area contributed by atoms with Gasteiger partial charge in [0.15, 0.2) is 0 Å². The highest BCUT2D eigenvalue weighted by atomic mass is 32.2. The minimum Gasteiger partial charge on any atom is -0.381 e. The van der Waals surface area contributed by atoms with Crippen LogP contribution in [0, 0.1) is 5.82 Å². The summed E-state index contributed by atoms with van der Waals surface area (Å²) in [5.41, 5.74) is 1.14. The fourth-order valence-corrected chi connectivity index (χ4v) is 5.56. The molecule has 0 unspecified atom stereocenters. The standard InChI is InChI=1S/C25H28FN7O3S/c1-32(16-7-9-36-10-8-16)22-12-20-19(13-27-22)33(2)25(35)18(14-37-20)28-24(34)23-29-21(30-31-23)11-15-5-3-4-6-17(15)26/h3-6,12-13,16,18H,7-11,14H2,1-2H3,(H,28,34)(H,29,30,31)/t18-/m0/s1. The van der Waals surface area contributed by atoms with Crippen molar-refractivity contribution in [3.05, 3.63) is 59.6 Å². The number of thioether (sulfide) groups is 1. The highest BCUT2D eigenvalue weighted by Gasteiger charge is 2.32. The Morgan fingerprint density at radius 3 is 2.89 bits per heavy atom. The molecular formula is C25H28FN7O3S. The summed E-state index contributed by atoms with van der Waals surface area (Å²) in [7, 11) is 3.70. The maximum Gasteiger partial charge on any atom is 0.291 e. The van der Waals surface area contributed by atoms with E-state index in [1.54, 1.807) is 31.4 Å². The van der Waals surface area contributed by atoms with Crippen molar-refractivity contribution in [1.82, 2.24) is 25.5 Å². The van der Waals surface area contributed by atoms with E-state index in [2.05, 4.69) is 30.4 Å². The third-order valence-corrected chi connectivity index (χ3v) is 7.82. The maximum atomic E-state index is 13.9. The Hall–Kier alpha value is -3.51. The second kappa shape index (κ2) is 10.9. The van der Waals surface area contributed by atoms with E-state index in [4.69, 9.17) is 4.74 Å². The van der Waals surface area contributed by atoms with E-state index in [0.717, 1.165) is 36.8 Å². The van der Waals surface area contributed by atoms with E-state index in [1.165, 1.54) is 22.7 Å². The van der Waals surface area contributed by atoms with Crippen LogP contribution in [0.4, 0.5) is 15.9 Å². The zero-order valence-corrected chi connectivity index (χ0v) is 21.4. The van der Waals surface area contributed by atoms with Crippen molar-refractivity contribution in [2.45, 2.75) is 36.2 Å². The van der Waals surface area contributed by atoms with Crippen molar-refractivity contribution in [2.75, 3.05) is 42.9 Å². The second-order valence-electron chi connectivity index (χ2n) is 9.07. The van der Waals surface area contributed by atoms with Crippen molar-refractivity contribution >= 4 is 35.1 Å². The largest absolute Gasteiger partial charge is 0.381 e. The van der Waals surface area contributed by atoms with Crippen LogP contribution in [0.15, 0.2) is 41.4 Å². The molecule has 1 atom stereocenters. The number of carbonyl (C=O) groups is 2. The Kier molecular flexibility index (Phi) is 7.38. The van der Waals surface area contributed by atoms with Gasteiger partial charge >= 0.3 is 0 Å². The molecule has 12 heteroatoms. The van der Waals surface area contributed by atoms with E-state index in [1.807, 2.05) is 13.1 Å². The molecule has 1 aromatic carbocycles. The second-order valence-corrected chi connectivity index (χ2v) is 10.1. The highest BCUT2D eigenvalue weighted by molar-refractivity contribution is 7.99. The molecule has 2 aliphatic rings. The number of rotatable bonds is 6. The summed E-state index contributed by atoms with van der Waals surface area (Å²) in [6, 6.07) is 7.92. The Bertz CT molecular complexity index is 1300. The summed E-state index contributed by atoms with van der Waals surface area (Å²) >= 11 is 1.49. The molecule has 4 heterocycles. The molecule has 0 radical (unpaired) electrons. The topological polar surface area (TPSA) is 116 Å². The van der Waals surface area contributed by atoms with Crippen molar-refractivity contribution in [2.24, 2.45) is 0 Å². The van der Waals surface area contributed by atoms with Gasteiger partial charge in [-0.3, -0.25) is 14.7 Å². The zero-order valence-electron chi connectivity index (χ0n) is 20.6. The van der Waals surface area contributed by atoms with E-state index >= 15 is 0 Å². The maximum absolute atomic E-state index is 13.9. The number of pyridine rings is 1. The molecule has 2 aliphatic heterocycles. The minimum atomic E-state index is -0.778. The fourth-order valence-electron chi connectivity index (χ4n) is 4.46. The summed E-state index contributed by atoms with van der Waals surface area (Å²) in [6.07, 6.45) is 3.76. The summed E-state index contributed by atoms with van der Waals surface area (Å²) in [6.45, 7) is 1.48. The molecular weight excluding hydrogens is 497 g/mol. The van der Waals surface area contributed by atoms with E-state index in [0.29, 0.717) is 28.9 Å². The molecule has 0 spiro atoms. The number of likely N-dealkylation sites (N-methyl/N-ethyl adjacent to an activating group) is 1. The Morgan fingerprint density at radius 2 is 2.11 bits per heavy atom. The first kappa shape index (κ1) is 25.2. The number of carbonyl (C=O) groups excluding carboxylic acids is 2. The van der Waals surface area contributed by atoms with Crippen molar-refractivity contribution in [3.63, 3.8) is 0 Å². The lowest BCUT2D eigenvalue weighted by Gasteiger charge is -2.32. The van der Waals surface area contributed by atoms with Gasteiger partial charge < -0.3 is 19.9 Å². The number of nitrogens with one attached hydrogen (secondary N) is 2. The van der Waals surface area contributed by atoms with Crippen LogP contribution in [0.25, 0.3) is 0 Å². The van der Waals surface area contributed by atoms with Gasteiger partial charge in [0.2, 0.25) is 11.7 Å². The van der Waals surface area contributed by atoms with Gasteiger partial charge in [0.05, 0.1) is 11.9 Å². The summed E-state index contributed by atoms with van der Waals surface area (Å²) in [4.78, 5) is 39.4. The number of hydrogen-bond donors (Lipinski definition) is 2. The van der Waals surface area contributed by atoms with Crippen LogP contribution in [0.3, 0.4) is 0 Å². The number of ether oxygens (including phenoxy) is 1. The Morgan fingerprint density at radius 1 is 1.32 bits per heavy atom. The molecule has 3 aromatic rings. The van der Waals surface area contributed by atoms with Crippen LogP contribution in [0.2, 0.25) is 0 Å². The average Bonchev–Trinajstić information content (AvgIpc) is 3.36. The molecule has 2 aromatic heterocycles. The van der Waals surface area contributed by atoms with Crippen molar-refractivity contribution in [3.8, 4) is 0 Å². The SMILES string of the molecule is CN1C(=O)[C@@H](NC(=O)c2n[nH]c(Cc3ccccc3F)n2)CSc2cc(N(C)C3CCOCC3)ncc21. The summed E-state index contributed by atoms with van der Waals surface area (Å²) in [5, 5.41) is 9.40. The molecule has 2 amide bonds. The predicted octanol–water partition coefficient (Wildman–Crippen LogP) is 2.41. The number of anilines is 2. The van der Waals surface area contributed by atoms with Gasteiger partial charge in [-0.05, 0) is 30.5 Å². The Balaban J connectivity index is 1.26. The number of aromatic nitrogens is 4. The minimum absolute atomic E-state index is 0.101. The van der Waals surface area contributed by atoms with Crippen LogP contribution in [0.5, 0.6) is 0 Å². The zero-order chi connectivity index (χ0) is 25.9. The van der Waals surface area contributed by atoms with E-state index in [9.17, 15) is 14.0 Å². The molecule has 2 N–H and O–H groups in total. The lowest BCUT2D eigenvalue weighted by molar-refractivity contribution is -0.119. The van der Waals surface area contributed by atoms with Crippen LogP contribution in [-0.2, 0) is 16.0 Å². The van der Waals surface area contributed by atoms with Gasteiger partial charge in [-0.15, -0.1) is 16.9 Å². The molecule has 1 saturated heterocycles. The molecule has 0 saturated carbocycles. The van der Waals surface area contributed by atoms with E-state index < -0.39 is 11.9 Å². The molecule has 0 aliphatic carbocycles. The van der Waals surface area contributed by atoms with Gasteiger partial charge in [0.1, 0.15) is 23.5 Å². The van der Waals surface area contributed by atoms with Crippen LogP contribution >= 0.6 is 11.8 Å². The molecule has 10 nitrogen and oxygen atoms in total. The number of amides is 2. The van der Waals surface area contributed by atoms with Gasteiger partial charge in [-0.2, -0.15) is 0 Å². The number of nitrogens with zero attached hydrogens (tertiary/aromatic N) is 5. The van der Waals surface area contributed by atoms with Crippen molar-refractivity contribution < 1.29 is 18.7 Å². The van der Waals surface area contributed by atoms with Crippen LogP contribution in [-0.4, -0.2) is 77.1 Å². The smallest absolute Gasteiger partial charge is 0.291 e. The number of benzene rings is 1. The average molecular weight is 526 g/mol. The molecule has 5 rings (SSSR count).